The average molecular weight is 686 g/mol. The van der Waals surface area contributed by atoms with Crippen LogP contribution in [0.5, 0.6) is 0 Å². The Morgan fingerprint density at radius 2 is 0.800 bits per heavy atom. The summed E-state index contributed by atoms with van der Waals surface area (Å²) in [7, 11) is 4.09. The topological polar surface area (TPSA) is 83.5 Å². The molecule has 0 aliphatic carbocycles. The molecule has 0 spiro atoms. The molecule has 4 aromatic rings. The van der Waals surface area contributed by atoms with E-state index in [4.69, 9.17) is 19.5 Å². The van der Waals surface area contributed by atoms with Gasteiger partial charge >= 0.3 is 33.2 Å². The first kappa shape index (κ1) is 37.6. The Balaban J connectivity index is 0.00000153. The van der Waals surface area contributed by atoms with Crippen LogP contribution in [0.3, 0.4) is 0 Å². The van der Waals surface area contributed by atoms with E-state index in [0.717, 1.165) is 20.2 Å². The van der Waals surface area contributed by atoms with Gasteiger partial charge in [0.05, 0.1) is 49.4 Å². The van der Waals surface area contributed by atoms with Gasteiger partial charge in [0, 0.05) is 20.2 Å². The number of hydrogen-bond donors (Lipinski definition) is 2. The Morgan fingerprint density at radius 1 is 0.600 bits per heavy atom. The number of hydrogen-bond acceptors (Lipinski definition) is 5. The van der Waals surface area contributed by atoms with E-state index < -0.39 is 15.8 Å². The van der Waals surface area contributed by atoms with Crippen LogP contribution in [0.2, 0.25) is 0 Å². The van der Waals surface area contributed by atoms with Crippen molar-refractivity contribution in [1.29, 1.82) is 0 Å². The van der Waals surface area contributed by atoms with Gasteiger partial charge in [0.2, 0.25) is 0 Å². The van der Waals surface area contributed by atoms with Crippen molar-refractivity contribution in [1.82, 2.24) is 5.32 Å². The van der Waals surface area contributed by atoms with E-state index >= 15 is 0 Å². The van der Waals surface area contributed by atoms with Crippen LogP contribution in [-0.2, 0) is 31.7 Å². The Labute approximate surface area is 254 Å². The molecule has 0 atom stereocenters. The summed E-state index contributed by atoms with van der Waals surface area (Å²) in [5.74, 6) is 0. The predicted octanol–water partition coefficient (Wildman–Crippen LogP) is 3.48. The van der Waals surface area contributed by atoms with E-state index in [9.17, 15) is 0 Å². The minimum atomic E-state index is -0.758. The third-order valence-electron chi connectivity index (χ3n) is 5.59. The van der Waals surface area contributed by atoms with Gasteiger partial charge in [-0.2, -0.15) is 9.59 Å². The number of aliphatic hydroxyl groups excluding tert-OH is 1. The Morgan fingerprint density at radius 3 is 1.00 bits per heavy atom. The van der Waals surface area contributed by atoms with E-state index in [-0.39, 0.29) is 6.15 Å². The molecule has 40 heavy (non-hydrogen) atoms. The van der Waals surface area contributed by atoms with Crippen LogP contribution in [0.1, 0.15) is 0 Å². The molecule has 0 bridgehead atoms. The van der Waals surface area contributed by atoms with E-state index in [1.165, 1.54) is 33.5 Å². The first-order valence-corrected chi connectivity index (χ1v) is 18.1. The number of nitrogens with one attached hydrogen (secondary N) is 1. The van der Waals surface area contributed by atoms with Crippen LogP contribution < -0.4 is 26.5 Å². The van der Waals surface area contributed by atoms with Crippen molar-refractivity contribution in [2.75, 3.05) is 32.5 Å². The third kappa shape index (κ3) is 14.9. The number of halogens is 1. The van der Waals surface area contributed by atoms with Crippen LogP contribution in [0.25, 0.3) is 0 Å². The molecule has 2 N–H and O–H groups in total. The van der Waals surface area contributed by atoms with Crippen LogP contribution >= 0.6 is 25.5 Å². The maximum Gasteiger partial charge on any atom is 0.0967 e. The fourth-order valence-corrected chi connectivity index (χ4v) is 9.07. The van der Waals surface area contributed by atoms with Gasteiger partial charge in [0.25, 0.3) is 0 Å². The van der Waals surface area contributed by atoms with Gasteiger partial charge in [-0.1, -0.05) is 72.8 Å². The van der Waals surface area contributed by atoms with E-state index in [1.807, 2.05) is 0 Å². The fraction of sp³-hybridized carbons (Fsp3) is 0.161. The van der Waals surface area contributed by atoms with Gasteiger partial charge < -0.3 is 15.2 Å². The van der Waals surface area contributed by atoms with Crippen LogP contribution in [-0.4, -0.2) is 50.6 Å². The van der Waals surface area contributed by atoms with E-state index in [0.29, 0.717) is 0 Å². The molecule has 0 aliphatic heterocycles. The summed E-state index contributed by atoms with van der Waals surface area (Å²) in [4.78, 5) is 24.0. The largest absolute Gasteiger partial charge is 0.310 e. The van der Waals surface area contributed by atoms with Crippen molar-refractivity contribution >= 4 is 59.7 Å². The van der Waals surface area contributed by atoms with Crippen molar-refractivity contribution in [3.05, 3.63) is 121 Å². The van der Waals surface area contributed by atoms with E-state index in [2.05, 4.69) is 143 Å². The van der Waals surface area contributed by atoms with Gasteiger partial charge in [0.1, 0.15) is 0 Å². The summed E-state index contributed by atoms with van der Waals surface area (Å²) in [6, 6.07) is 44.2. The predicted molar refractivity (Wildman–Crippen MR) is 171 cm³/mol. The quantitative estimate of drug-likeness (QED) is 0.0879. The first-order chi connectivity index (χ1) is 19.8. The average Bonchev–Trinajstić information content (AvgIpc) is 3.06. The smallest absolute Gasteiger partial charge is 0.0967 e. The molecule has 0 fully saturated rings. The summed E-state index contributed by atoms with van der Waals surface area (Å²) in [6.07, 6.45) is 2.66. The minimum Gasteiger partial charge on any atom is -0.310 e. The molecule has 0 unspecified atom stereocenters. The van der Waals surface area contributed by atoms with Gasteiger partial charge in [0.15, 0.2) is 0 Å². The second kappa shape index (κ2) is 26.8. The second-order valence-electron chi connectivity index (χ2n) is 7.75. The van der Waals surface area contributed by atoms with E-state index in [1.54, 1.807) is 17.3 Å². The summed E-state index contributed by atoms with van der Waals surface area (Å²) < 4.78 is 0. The SMILES string of the molecule is CO.O=C=O.[CH-]=O.[Cl][RuH+2].c1ccc([PH+](CCNCC[PH+](c2ccccc2)c2ccccc2)c2ccccc2)cc1. The standard InChI is InChI=1S/C28H29NP2.CO2.CH4O.CHO.ClH.Ru.H/c1-5-13-25(14-6-1)30(26-15-7-2-8-16-26)23-21-29-22-24-31(27-17-9-3-10-18-27)28-19-11-4-12-20-28;2-1-3;2*1-2;;;/h1-20,29H,21-24H2;;2H,1H3;1H;1H;;/q;;;-1;;+3;/p+1. The Kier molecular flexibility index (Phi) is 25.2. The van der Waals surface area contributed by atoms with Gasteiger partial charge in [-0.25, -0.2) is 0 Å². The molecule has 0 amide bonds. The minimum absolute atomic E-state index is 0.250. The Hall–Kier alpha value is -2.38. The van der Waals surface area contributed by atoms with Crippen molar-refractivity contribution in [2.45, 2.75) is 0 Å². The number of rotatable bonds is 10. The molecule has 212 valence electrons. The van der Waals surface area contributed by atoms with Crippen LogP contribution in [0.4, 0.5) is 0 Å². The van der Waals surface area contributed by atoms with Gasteiger partial charge in [-0.15, -0.1) is 0 Å². The van der Waals surface area contributed by atoms with Crippen LogP contribution in [0, 0.1) is 0 Å². The number of carbonyl (C=O) groups excluding carboxylic acids is 3. The van der Waals surface area contributed by atoms with Crippen molar-refractivity contribution in [3.63, 3.8) is 0 Å². The summed E-state index contributed by atoms with van der Waals surface area (Å²) in [5.41, 5.74) is 0. The maximum absolute atomic E-state index is 8.12. The second-order valence-corrected chi connectivity index (χ2v) is 13.0. The van der Waals surface area contributed by atoms with Gasteiger partial charge in [-0.3, -0.25) is 6.79 Å². The van der Waals surface area contributed by atoms with Crippen LogP contribution in [0.15, 0.2) is 121 Å². The molecule has 4 rings (SSSR count). The zero-order chi connectivity index (χ0) is 29.8. The fourth-order valence-electron chi connectivity index (χ4n) is 4.02. The zero-order valence-electron chi connectivity index (χ0n) is 22.4. The molecule has 4 aromatic carbocycles. The molecule has 0 saturated carbocycles. The normalized spacial score (nSPS) is 9.25. The molecule has 0 heterocycles. The first-order valence-electron chi connectivity index (χ1n) is 12.3. The third-order valence-corrected chi connectivity index (χ3v) is 11.2. The molecule has 0 radical (unpaired) electrons. The molecule has 0 aromatic heterocycles. The summed E-state index contributed by atoms with van der Waals surface area (Å²) in [6.45, 7) is 5.38. The number of benzene rings is 4. The summed E-state index contributed by atoms with van der Waals surface area (Å²) >= 11 is 1.62. The zero-order valence-corrected chi connectivity index (χ0v) is 27.0. The van der Waals surface area contributed by atoms with Crippen molar-refractivity contribution in [3.8, 4) is 0 Å². The monoisotopic (exact) mass is 686 g/mol. The van der Waals surface area contributed by atoms with Crippen molar-refractivity contribution in [2.24, 2.45) is 0 Å². The van der Waals surface area contributed by atoms with Gasteiger partial charge in [-0.05, 0) is 48.5 Å². The molecular formula is C31H37ClNO4P2Ru+3. The molecule has 0 saturated heterocycles. The molecular weight excluding hydrogens is 649 g/mol. The molecule has 0 aliphatic rings. The Bertz CT molecular complexity index is 977. The molecule has 5 nitrogen and oxygen atoms in total. The maximum atomic E-state index is 8.12. The summed E-state index contributed by atoms with van der Waals surface area (Å²) in [5, 5.41) is 16.8. The molecule has 9 heteroatoms. The number of aliphatic hydroxyl groups is 1. The van der Waals surface area contributed by atoms with Crippen molar-refractivity contribution < 1.29 is 36.8 Å².